The fraction of sp³-hybridized carbons (Fsp3) is 0.235. The first-order chi connectivity index (χ1) is 9.97. The van der Waals surface area contributed by atoms with E-state index in [-0.39, 0.29) is 17.9 Å². The molecule has 0 saturated heterocycles. The highest BCUT2D eigenvalue weighted by atomic mass is 35.5. The summed E-state index contributed by atoms with van der Waals surface area (Å²) >= 11 is 5.91. The standard InChI is InChI=1S/C17H19ClN2O/c1-11(2)16(12-3-7-14(18)8-4-12)20-17(21)13-5-9-15(19)10-6-13/h3-11,16H,19H2,1-2H3,(H,20,21). The molecule has 0 aliphatic carbocycles. The number of anilines is 1. The molecule has 0 heterocycles. The number of nitrogens with one attached hydrogen (secondary N) is 1. The monoisotopic (exact) mass is 302 g/mol. The number of carbonyl (C=O) groups is 1. The number of halogens is 1. The fourth-order valence-corrected chi connectivity index (χ4v) is 2.29. The van der Waals surface area contributed by atoms with E-state index >= 15 is 0 Å². The van der Waals surface area contributed by atoms with Crippen molar-refractivity contribution in [3.05, 3.63) is 64.7 Å². The van der Waals surface area contributed by atoms with Crippen LogP contribution in [0.2, 0.25) is 5.02 Å². The third kappa shape index (κ3) is 3.99. The first-order valence-corrected chi connectivity index (χ1v) is 7.27. The number of hydrogen-bond acceptors (Lipinski definition) is 2. The third-order valence-corrected chi connectivity index (χ3v) is 3.61. The van der Waals surface area contributed by atoms with Gasteiger partial charge >= 0.3 is 0 Å². The number of benzene rings is 2. The van der Waals surface area contributed by atoms with E-state index in [1.165, 1.54) is 0 Å². The zero-order valence-corrected chi connectivity index (χ0v) is 12.9. The minimum Gasteiger partial charge on any atom is -0.399 e. The van der Waals surface area contributed by atoms with E-state index in [4.69, 9.17) is 17.3 Å². The summed E-state index contributed by atoms with van der Waals surface area (Å²) < 4.78 is 0. The highest BCUT2D eigenvalue weighted by Gasteiger charge is 2.19. The van der Waals surface area contributed by atoms with Crippen LogP contribution >= 0.6 is 11.6 Å². The maximum Gasteiger partial charge on any atom is 0.251 e. The van der Waals surface area contributed by atoms with Crippen molar-refractivity contribution in [3.8, 4) is 0 Å². The molecule has 0 aliphatic rings. The molecule has 3 nitrogen and oxygen atoms in total. The minimum absolute atomic E-state index is 0.0627. The van der Waals surface area contributed by atoms with Gasteiger partial charge in [0.05, 0.1) is 6.04 Å². The molecular formula is C17H19ClN2O. The van der Waals surface area contributed by atoms with Crippen molar-refractivity contribution in [1.82, 2.24) is 5.32 Å². The highest BCUT2D eigenvalue weighted by molar-refractivity contribution is 6.30. The third-order valence-electron chi connectivity index (χ3n) is 3.36. The van der Waals surface area contributed by atoms with Crippen LogP contribution in [0.4, 0.5) is 5.69 Å². The van der Waals surface area contributed by atoms with Crippen LogP contribution in [0.25, 0.3) is 0 Å². The molecule has 2 aromatic rings. The van der Waals surface area contributed by atoms with E-state index < -0.39 is 0 Å². The Morgan fingerprint density at radius 1 is 1.05 bits per heavy atom. The lowest BCUT2D eigenvalue weighted by molar-refractivity contribution is 0.0925. The van der Waals surface area contributed by atoms with Crippen molar-refractivity contribution in [2.45, 2.75) is 19.9 Å². The second-order valence-electron chi connectivity index (χ2n) is 5.37. The summed E-state index contributed by atoms with van der Waals surface area (Å²) in [4.78, 5) is 12.3. The largest absolute Gasteiger partial charge is 0.399 e. The number of nitrogens with two attached hydrogens (primary N) is 1. The molecule has 0 aliphatic heterocycles. The molecule has 0 saturated carbocycles. The van der Waals surface area contributed by atoms with Crippen LogP contribution in [0.1, 0.15) is 35.8 Å². The van der Waals surface area contributed by atoms with Gasteiger partial charge in [-0.1, -0.05) is 37.6 Å². The topological polar surface area (TPSA) is 55.1 Å². The van der Waals surface area contributed by atoms with Gasteiger partial charge in [0.1, 0.15) is 0 Å². The Labute approximate surface area is 130 Å². The molecule has 110 valence electrons. The van der Waals surface area contributed by atoms with Crippen LogP contribution in [-0.2, 0) is 0 Å². The molecular weight excluding hydrogens is 284 g/mol. The fourth-order valence-electron chi connectivity index (χ4n) is 2.16. The lowest BCUT2D eigenvalue weighted by Crippen LogP contribution is -2.31. The molecule has 0 radical (unpaired) electrons. The van der Waals surface area contributed by atoms with Gasteiger partial charge in [0, 0.05) is 16.3 Å². The van der Waals surface area contributed by atoms with Gasteiger partial charge < -0.3 is 11.1 Å². The molecule has 2 rings (SSSR count). The van der Waals surface area contributed by atoms with E-state index in [0.29, 0.717) is 16.3 Å². The van der Waals surface area contributed by atoms with Crippen molar-refractivity contribution in [1.29, 1.82) is 0 Å². The van der Waals surface area contributed by atoms with Crippen molar-refractivity contribution >= 4 is 23.2 Å². The van der Waals surface area contributed by atoms with Crippen LogP contribution in [-0.4, -0.2) is 5.91 Å². The van der Waals surface area contributed by atoms with Crippen molar-refractivity contribution in [2.24, 2.45) is 5.92 Å². The average molecular weight is 303 g/mol. The molecule has 0 bridgehead atoms. The molecule has 21 heavy (non-hydrogen) atoms. The van der Waals surface area contributed by atoms with Crippen LogP contribution in [0.15, 0.2) is 48.5 Å². The van der Waals surface area contributed by atoms with Gasteiger partial charge in [0.25, 0.3) is 5.91 Å². The SMILES string of the molecule is CC(C)C(NC(=O)c1ccc(N)cc1)c1ccc(Cl)cc1. The first-order valence-electron chi connectivity index (χ1n) is 6.89. The Morgan fingerprint density at radius 3 is 2.14 bits per heavy atom. The normalized spacial score (nSPS) is 12.2. The average Bonchev–Trinajstić information content (AvgIpc) is 2.46. The van der Waals surface area contributed by atoms with Crippen LogP contribution in [0.5, 0.6) is 0 Å². The summed E-state index contributed by atoms with van der Waals surface area (Å²) in [6.45, 7) is 4.14. The lowest BCUT2D eigenvalue weighted by Gasteiger charge is -2.23. The second-order valence-corrected chi connectivity index (χ2v) is 5.81. The molecule has 1 unspecified atom stereocenters. The number of rotatable bonds is 4. The lowest BCUT2D eigenvalue weighted by atomic mass is 9.95. The molecule has 0 fully saturated rings. The Kier molecular flexibility index (Phi) is 4.86. The summed E-state index contributed by atoms with van der Waals surface area (Å²) in [5.41, 5.74) is 7.92. The Bertz CT molecular complexity index is 606. The molecule has 2 aromatic carbocycles. The molecule has 3 N–H and O–H groups in total. The van der Waals surface area contributed by atoms with E-state index in [0.717, 1.165) is 5.56 Å². The second kappa shape index (κ2) is 6.64. The van der Waals surface area contributed by atoms with Crippen LogP contribution in [0.3, 0.4) is 0 Å². The Balaban J connectivity index is 2.18. The van der Waals surface area contributed by atoms with Crippen molar-refractivity contribution < 1.29 is 4.79 Å². The van der Waals surface area contributed by atoms with Crippen molar-refractivity contribution in [3.63, 3.8) is 0 Å². The molecule has 4 heteroatoms. The van der Waals surface area contributed by atoms with E-state index in [1.807, 2.05) is 24.3 Å². The molecule has 1 atom stereocenters. The quantitative estimate of drug-likeness (QED) is 0.837. The number of nitrogen functional groups attached to an aromatic ring is 1. The summed E-state index contributed by atoms with van der Waals surface area (Å²) in [5.74, 6) is 0.160. The number of amides is 1. The summed E-state index contributed by atoms with van der Waals surface area (Å²) in [5, 5.41) is 3.75. The molecule has 1 amide bonds. The van der Waals surface area contributed by atoms with E-state index in [9.17, 15) is 4.79 Å². The summed E-state index contributed by atoms with van der Waals surface area (Å²) in [6, 6.07) is 14.4. The van der Waals surface area contributed by atoms with Crippen molar-refractivity contribution in [2.75, 3.05) is 5.73 Å². The molecule has 0 aromatic heterocycles. The highest BCUT2D eigenvalue weighted by Crippen LogP contribution is 2.23. The smallest absolute Gasteiger partial charge is 0.251 e. The number of carbonyl (C=O) groups excluding carboxylic acids is 1. The van der Waals surface area contributed by atoms with E-state index in [1.54, 1.807) is 24.3 Å². The zero-order valence-electron chi connectivity index (χ0n) is 12.1. The van der Waals surface area contributed by atoms with Crippen LogP contribution in [0, 0.1) is 5.92 Å². The predicted molar refractivity (Wildman–Crippen MR) is 87.4 cm³/mol. The van der Waals surface area contributed by atoms with Gasteiger partial charge in [-0.3, -0.25) is 4.79 Å². The van der Waals surface area contributed by atoms with Gasteiger partial charge in [-0.2, -0.15) is 0 Å². The Morgan fingerprint density at radius 2 is 1.62 bits per heavy atom. The van der Waals surface area contributed by atoms with Gasteiger partial charge in [-0.15, -0.1) is 0 Å². The number of hydrogen-bond donors (Lipinski definition) is 2. The van der Waals surface area contributed by atoms with Crippen LogP contribution < -0.4 is 11.1 Å². The predicted octanol–water partition coefficient (Wildman–Crippen LogP) is 4.05. The van der Waals surface area contributed by atoms with Gasteiger partial charge in [-0.05, 0) is 47.9 Å². The Hall–Kier alpha value is -2.00. The summed E-state index contributed by atoms with van der Waals surface area (Å²) in [7, 11) is 0. The zero-order chi connectivity index (χ0) is 15.4. The van der Waals surface area contributed by atoms with Gasteiger partial charge in [0.2, 0.25) is 0 Å². The van der Waals surface area contributed by atoms with E-state index in [2.05, 4.69) is 19.2 Å². The minimum atomic E-state index is -0.108. The van der Waals surface area contributed by atoms with Gasteiger partial charge in [-0.25, -0.2) is 0 Å². The molecule has 0 spiro atoms. The van der Waals surface area contributed by atoms with Gasteiger partial charge in [0.15, 0.2) is 0 Å². The maximum absolute atomic E-state index is 12.3. The first kappa shape index (κ1) is 15.4. The maximum atomic E-state index is 12.3. The summed E-state index contributed by atoms with van der Waals surface area (Å²) in [6.07, 6.45) is 0.